The zero-order valence-corrected chi connectivity index (χ0v) is 16.5. The van der Waals surface area contributed by atoms with Crippen molar-refractivity contribution < 1.29 is 13.2 Å². The molecule has 0 aliphatic carbocycles. The van der Waals surface area contributed by atoms with Crippen LogP contribution in [0.25, 0.3) is 0 Å². The van der Waals surface area contributed by atoms with Gasteiger partial charge in [-0.15, -0.1) is 0 Å². The summed E-state index contributed by atoms with van der Waals surface area (Å²) in [6.07, 6.45) is 0. The summed E-state index contributed by atoms with van der Waals surface area (Å²) in [4.78, 5) is 16.8. The van der Waals surface area contributed by atoms with Gasteiger partial charge in [-0.2, -0.15) is 0 Å². The van der Waals surface area contributed by atoms with E-state index in [0.717, 1.165) is 11.3 Å². The van der Waals surface area contributed by atoms with Gasteiger partial charge in [0.2, 0.25) is 10.0 Å². The van der Waals surface area contributed by atoms with Gasteiger partial charge in [-0.1, -0.05) is 42.5 Å². The predicted molar refractivity (Wildman–Crippen MR) is 109 cm³/mol. The normalized spacial score (nSPS) is 11.2. The first-order valence-corrected chi connectivity index (χ1v) is 10.2. The molecule has 0 bridgehead atoms. The Kier molecular flexibility index (Phi) is 5.87. The summed E-state index contributed by atoms with van der Waals surface area (Å²) in [7, 11) is -3.77. The molecule has 3 rings (SSSR count). The fraction of sp³-hybridized carbons (Fsp3) is 0.143. The highest BCUT2D eigenvalue weighted by molar-refractivity contribution is 7.89. The van der Waals surface area contributed by atoms with Crippen LogP contribution in [-0.2, 0) is 16.6 Å². The minimum atomic E-state index is -3.77. The van der Waals surface area contributed by atoms with E-state index in [-0.39, 0.29) is 17.0 Å². The van der Waals surface area contributed by atoms with Crippen LogP contribution in [0.3, 0.4) is 0 Å². The van der Waals surface area contributed by atoms with Crippen LogP contribution in [0.1, 0.15) is 27.2 Å². The number of hydrogen-bond acceptors (Lipinski definition) is 4. The first-order valence-electron chi connectivity index (χ1n) is 8.74. The van der Waals surface area contributed by atoms with E-state index in [9.17, 15) is 13.2 Å². The lowest BCUT2D eigenvalue weighted by Crippen LogP contribution is -2.24. The molecule has 3 aromatic rings. The highest BCUT2D eigenvalue weighted by Gasteiger charge is 2.19. The quantitative estimate of drug-likeness (QED) is 0.669. The number of sulfonamides is 1. The maximum Gasteiger partial charge on any atom is 0.256 e. The molecule has 0 aliphatic heterocycles. The fourth-order valence-corrected chi connectivity index (χ4v) is 3.97. The summed E-state index contributed by atoms with van der Waals surface area (Å²) in [5.41, 5.74) is 2.43. The Morgan fingerprint density at radius 3 is 2.43 bits per heavy atom. The molecule has 2 N–H and O–H groups in total. The van der Waals surface area contributed by atoms with Gasteiger partial charge in [-0.05, 0) is 49.2 Å². The summed E-state index contributed by atoms with van der Waals surface area (Å²) in [5.74, 6) is -0.00482. The molecule has 0 radical (unpaired) electrons. The zero-order chi connectivity index (χ0) is 20.1. The molecule has 6 nitrogen and oxygen atoms in total. The SMILES string of the molecule is Cc1cccc(NC(=O)c2ccc(C)c(S(=O)(=O)NCc3ccccc3)c2)n1. The van der Waals surface area contributed by atoms with Gasteiger partial charge in [-0.3, -0.25) is 4.79 Å². The zero-order valence-electron chi connectivity index (χ0n) is 15.6. The molecule has 0 unspecified atom stereocenters. The van der Waals surface area contributed by atoms with Crippen molar-refractivity contribution in [3.8, 4) is 0 Å². The van der Waals surface area contributed by atoms with E-state index in [1.54, 1.807) is 31.2 Å². The number of anilines is 1. The Morgan fingerprint density at radius 1 is 0.964 bits per heavy atom. The molecule has 28 heavy (non-hydrogen) atoms. The van der Waals surface area contributed by atoms with Crippen LogP contribution in [-0.4, -0.2) is 19.3 Å². The van der Waals surface area contributed by atoms with Gasteiger partial charge in [-0.25, -0.2) is 18.1 Å². The van der Waals surface area contributed by atoms with Crippen LogP contribution in [0, 0.1) is 13.8 Å². The summed E-state index contributed by atoms with van der Waals surface area (Å²) < 4.78 is 28.1. The number of amides is 1. The Balaban J connectivity index is 1.81. The van der Waals surface area contributed by atoms with E-state index in [4.69, 9.17) is 0 Å². The number of hydrogen-bond donors (Lipinski definition) is 2. The minimum Gasteiger partial charge on any atom is -0.307 e. The third kappa shape index (κ3) is 4.82. The number of nitrogens with one attached hydrogen (secondary N) is 2. The van der Waals surface area contributed by atoms with Gasteiger partial charge >= 0.3 is 0 Å². The molecule has 144 valence electrons. The Morgan fingerprint density at radius 2 is 1.71 bits per heavy atom. The lowest BCUT2D eigenvalue weighted by Gasteiger charge is -2.12. The number of nitrogens with zero attached hydrogens (tertiary/aromatic N) is 1. The maximum atomic E-state index is 12.7. The average molecular weight is 395 g/mol. The molecule has 1 heterocycles. The summed E-state index contributed by atoms with van der Waals surface area (Å²) in [6.45, 7) is 3.69. The highest BCUT2D eigenvalue weighted by atomic mass is 32.2. The van der Waals surface area contributed by atoms with Gasteiger partial charge in [0.25, 0.3) is 5.91 Å². The van der Waals surface area contributed by atoms with Crippen molar-refractivity contribution in [2.24, 2.45) is 0 Å². The number of rotatable bonds is 6. The van der Waals surface area contributed by atoms with Crippen LogP contribution in [0.4, 0.5) is 5.82 Å². The number of benzene rings is 2. The van der Waals surface area contributed by atoms with E-state index >= 15 is 0 Å². The first kappa shape index (κ1) is 19.7. The minimum absolute atomic E-state index is 0.0771. The molecule has 1 aromatic heterocycles. The lowest BCUT2D eigenvalue weighted by molar-refractivity contribution is 0.102. The van der Waals surface area contributed by atoms with Crippen molar-refractivity contribution in [2.45, 2.75) is 25.3 Å². The molecule has 0 saturated heterocycles. The average Bonchev–Trinajstić information content (AvgIpc) is 2.67. The van der Waals surface area contributed by atoms with Gasteiger partial charge < -0.3 is 5.32 Å². The summed E-state index contributed by atoms with van der Waals surface area (Å²) in [6, 6.07) is 19.1. The van der Waals surface area contributed by atoms with Gasteiger partial charge in [0, 0.05) is 17.8 Å². The molecule has 7 heteroatoms. The fourth-order valence-electron chi connectivity index (χ4n) is 2.68. The van der Waals surface area contributed by atoms with E-state index < -0.39 is 15.9 Å². The third-order valence-corrected chi connectivity index (χ3v) is 5.72. The van der Waals surface area contributed by atoms with Crippen molar-refractivity contribution in [3.05, 3.63) is 89.1 Å². The maximum absolute atomic E-state index is 12.7. The second kappa shape index (κ2) is 8.33. The molecular weight excluding hydrogens is 374 g/mol. The van der Waals surface area contributed by atoms with E-state index in [0.29, 0.717) is 11.4 Å². The molecule has 0 spiro atoms. The molecule has 0 fully saturated rings. The summed E-state index contributed by atoms with van der Waals surface area (Å²) in [5, 5.41) is 2.69. The molecule has 2 aromatic carbocycles. The Hall–Kier alpha value is -3.03. The van der Waals surface area contributed by atoms with E-state index in [2.05, 4.69) is 15.0 Å². The summed E-state index contributed by atoms with van der Waals surface area (Å²) >= 11 is 0. The van der Waals surface area contributed by atoms with E-state index in [1.165, 1.54) is 6.07 Å². The number of carbonyl (C=O) groups is 1. The second-order valence-corrected chi connectivity index (χ2v) is 8.14. The van der Waals surface area contributed by atoms with Crippen LogP contribution in [0.2, 0.25) is 0 Å². The standard InChI is InChI=1S/C21H21N3O3S/c1-15-11-12-18(21(25)24-20-10-6-7-16(2)23-20)13-19(15)28(26,27)22-14-17-8-4-3-5-9-17/h3-13,22H,14H2,1-2H3,(H,23,24,25). The van der Waals surface area contributed by atoms with Crippen LogP contribution < -0.4 is 10.0 Å². The van der Waals surface area contributed by atoms with Crippen molar-refractivity contribution >= 4 is 21.7 Å². The van der Waals surface area contributed by atoms with Crippen molar-refractivity contribution in [2.75, 3.05) is 5.32 Å². The lowest BCUT2D eigenvalue weighted by atomic mass is 10.1. The van der Waals surface area contributed by atoms with Crippen molar-refractivity contribution in [1.82, 2.24) is 9.71 Å². The first-order chi connectivity index (χ1) is 13.3. The smallest absolute Gasteiger partial charge is 0.256 e. The van der Waals surface area contributed by atoms with Crippen molar-refractivity contribution in [1.29, 1.82) is 0 Å². The van der Waals surface area contributed by atoms with E-state index in [1.807, 2.05) is 43.3 Å². The molecule has 0 atom stereocenters. The number of aromatic nitrogens is 1. The van der Waals surface area contributed by atoms with Crippen molar-refractivity contribution in [3.63, 3.8) is 0 Å². The Labute approximate surface area is 164 Å². The van der Waals surface area contributed by atoms with Crippen LogP contribution in [0.15, 0.2) is 71.6 Å². The highest BCUT2D eigenvalue weighted by Crippen LogP contribution is 2.18. The monoisotopic (exact) mass is 395 g/mol. The van der Waals surface area contributed by atoms with Gasteiger partial charge in [0.05, 0.1) is 4.90 Å². The van der Waals surface area contributed by atoms with Crippen LogP contribution in [0.5, 0.6) is 0 Å². The second-order valence-electron chi connectivity index (χ2n) is 6.41. The Bertz CT molecular complexity index is 1100. The molecular formula is C21H21N3O3S. The largest absolute Gasteiger partial charge is 0.307 e. The van der Waals surface area contributed by atoms with Gasteiger partial charge in [0.15, 0.2) is 0 Å². The van der Waals surface area contributed by atoms with Gasteiger partial charge in [0.1, 0.15) is 5.82 Å². The number of pyridine rings is 1. The number of aryl methyl sites for hydroxylation is 2. The topological polar surface area (TPSA) is 88.2 Å². The van der Waals surface area contributed by atoms with Crippen LogP contribution >= 0.6 is 0 Å². The predicted octanol–water partition coefficient (Wildman–Crippen LogP) is 3.43. The molecule has 0 saturated carbocycles. The molecule has 1 amide bonds. The third-order valence-electron chi connectivity index (χ3n) is 4.18. The number of carbonyl (C=O) groups excluding carboxylic acids is 1. The molecule has 0 aliphatic rings.